The molecule has 2 saturated heterocycles. The second kappa shape index (κ2) is 6.63. The van der Waals surface area contributed by atoms with Crippen LogP contribution in [0.5, 0.6) is 0 Å². The molecule has 25 heavy (non-hydrogen) atoms. The lowest BCUT2D eigenvalue weighted by molar-refractivity contribution is -0.384. The molecule has 7 nitrogen and oxygen atoms in total. The molecule has 0 aliphatic carbocycles. The number of ether oxygens (including phenoxy) is 1. The van der Waals surface area contributed by atoms with E-state index in [-0.39, 0.29) is 28.5 Å². The Bertz CT molecular complexity index is 687. The Balaban J connectivity index is 1.67. The number of carbonyl (C=O) groups excluding carboxylic acids is 1. The monoisotopic (exact) mass is 345 g/mol. The van der Waals surface area contributed by atoms with Crippen molar-refractivity contribution in [2.75, 3.05) is 37.7 Å². The van der Waals surface area contributed by atoms with Crippen LogP contribution in [0.2, 0.25) is 0 Å². The fourth-order valence-corrected chi connectivity index (χ4v) is 4.45. The highest BCUT2D eigenvalue weighted by atomic mass is 16.6. The van der Waals surface area contributed by atoms with E-state index in [1.165, 1.54) is 0 Å². The van der Waals surface area contributed by atoms with Gasteiger partial charge in [0.15, 0.2) is 0 Å². The number of nitrogens with zero attached hydrogens (tertiary/aromatic N) is 3. The van der Waals surface area contributed by atoms with E-state index in [2.05, 4.69) is 4.90 Å². The highest BCUT2D eigenvalue weighted by Crippen LogP contribution is 2.40. The first-order valence-electron chi connectivity index (χ1n) is 9.05. The number of carbonyl (C=O) groups is 1. The van der Waals surface area contributed by atoms with Gasteiger partial charge in [0.2, 0.25) is 5.91 Å². The summed E-state index contributed by atoms with van der Waals surface area (Å²) < 4.78 is 5.36. The maximum Gasteiger partial charge on any atom is 0.269 e. The number of rotatable bonds is 2. The minimum Gasteiger partial charge on any atom is -0.378 e. The summed E-state index contributed by atoms with van der Waals surface area (Å²) in [6.07, 6.45) is 3.84. The van der Waals surface area contributed by atoms with Crippen LogP contribution in [-0.2, 0) is 16.0 Å². The second-order valence-electron chi connectivity index (χ2n) is 7.07. The lowest BCUT2D eigenvalue weighted by atomic mass is 9.80. The average molecular weight is 345 g/mol. The molecular formula is C18H23N3O4. The first kappa shape index (κ1) is 16.3. The molecule has 1 amide bonds. The van der Waals surface area contributed by atoms with E-state index in [0.717, 1.165) is 37.1 Å². The number of benzene rings is 1. The van der Waals surface area contributed by atoms with Gasteiger partial charge in [-0.25, -0.2) is 0 Å². The number of nitro groups is 1. The smallest absolute Gasteiger partial charge is 0.269 e. The van der Waals surface area contributed by atoms with Gasteiger partial charge in [0.25, 0.3) is 5.69 Å². The number of hydrogen-bond donors (Lipinski definition) is 0. The summed E-state index contributed by atoms with van der Waals surface area (Å²) in [4.78, 5) is 28.1. The van der Waals surface area contributed by atoms with Crippen molar-refractivity contribution < 1.29 is 14.5 Å². The highest BCUT2D eigenvalue weighted by Gasteiger charge is 2.41. The standard InChI is InChI=1S/C18H23N3O4/c22-18(19-7-9-25-10-8-19)15-12-13-11-14(21(23)24)4-5-16(13)20-6-2-1-3-17(15)20/h4-5,11,15,17H,1-3,6-10,12H2/t15-,17-/m0/s1. The maximum absolute atomic E-state index is 13.1. The van der Waals surface area contributed by atoms with Crippen molar-refractivity contribution in [2.24, 2.45) is 5.92 Å². The Kier molecular flexibility index (Phi) is 4.33. The van der Waals surface area contributed by atoms with Gasteiger partial charge in [0.1, 0.15) is 0 Å². The third-order valence-electron chi connectivity index (χ3n) is 5.68. The zero-order valence-corrected chi connectivity index (χ0v) is 14.2. The summed E-state index contributed by atoms with van der Waals surface area (Å²) in [5.41, 5.74) is 2.10. The SMILES string of the molecule is O=C([C@H]1Cc2cc([N+](=O)[O-])ccc2N2CCCC[C@@H]12)N1CCOCC1. The third kappa shape index (κ3) is 2.97. The summed E-state index contributed by atoms with van der Waals surface area (Å²) in [5.74, 6) is 0.0604. The van der Waals surface area contributed by atoms with Crippen LogP contribution in [0.25, 0.3) is 0 Å². The number of non-ortho nitro benzene ring substituents is 1. The van der Waals surface area contributed by atoms with Gasteiger partial charge < -0.3 is 14.5 Å². The molecule has 1 aromatic rings. The minimum atomic E-state index is -0.360. The first-order valence-corrected chi connectivity index (χ1v) is 9.05. The number of hydrogen-bond acceptors (Lipinski definition) is 5. The van der Waals surface area contributed by atoms with Crippen molar-refractivity contribution >= 4 is 17.3 Å². The molecule has 134 valence electrons. The summed E-state index contributed by atoms with van der Waals surface area (Å²) in [6, 6.07) is 5.30. The van der Waals surface area contributed by atoms with E-state index in [0.29, 0.717) is 32.7 Å². The van der Waals surface area contributed by atoms with Crippen LogP contribution in [-0.4, -0.2) is 54.6 Å². The first-order chi connectivity index (χ1) is 12.1. The Morgan fingerprint density at radius 2 is 2.00 bits per heavy atom. The molecule has 3 aliphatic rings. The van der Waals surface area contributed by atoms with Gasteiger partial charge in [-0.15, -0.1) is 0 Å². The van der Waals surface area contributed by atoms with Gasteiger partial charge in [-0.2, -0.15) is 0 Å². The highest BCUT2D eigenvalue weighted by molar-refractivity contribution is 5.82. The van der Waals surface area contributed by atoms with Crippen molar-refractivity contribution in [2.45, 2.75) is 31.7 Å². The van der Waals surface area contributed by atoms with Crippen molar-refractivity contribution in [1.82, 2.24) is 4.90 Å². The molecule has 0 bridgehead atoms. The number of fused-ring (bicyclic) bond motifs is 3. The molecule has 0 unspecified atom stereocenters. The zero-order chi connectivity index (χ0) is 17.4. The zero-order valence-electron chi connectivity index (χ0n) is 14.2. The van der Waals surface area contributed by atoms with E-state index in [4.69, 9.17) is 4.74 Å². The van der Waals surface area contributed by atoms with Crippen LogP contribution >= 0.6 is 0 Å². The fourth-order valence-electron chi connectivity index (χ4n) is 4.45. The van der Waals surface area contributed by atoms with E-state index in [1.807, 2.05) is 11.0 Å². The van der Waals surface area contributed by atoms with Crippen LogP contribution in [0.3, 0.4) is 0 Å². The number of nitro benzene ring substituents is 1. The molecule has 0 saturated carbocycles. The summed E-state index contributed by atoms with van der Waals surface area (Å²) >= 11 is 0. The molecule has 7 heteroatoms. The molecule has 4 rings (SSSR count). The van der Waals surface area contributed by atoms with Crippen molar-refractivity contribution in [3.63, 3.8) is 0 Å². The maximum atomic E-state index is 13.1. The van der Waals surface area contributed by atoms with Crippen molar-refractivity contribution in [1.29, 1.82) is 0 Å². The van der Waals surface area contributed by atoms with E-state index in [9.17, 15) is 14.9 Å². The molecule has 0 radical (unpaired) electrons. The Morgan fingerprint density at radius 1 is 1.20 bits per heavy atom. The Hall–Kier alpha value is -2.15. The average Bonchev–Trinajstić information content (AvgIpc) is 2.67. The second-order valence-corrected chi connectivity index (χ2v) is 7.07. The molecule has 3 aliphatic heterocycles. The quantitative estimate of drug-likeness (QED) is 0.605. The third-order valence-corrected chi connectivity index (χ3v) is 5.68. The molecular weight excluding hydrogens is 322 g/mol. The lowest BCUT2D eigenvalue weighted by Gasteiger charge is -2.47. The van der Waals surface area contributed by atoms with Gasteiger partial charge in [-0.1, -0.05) is 0 Å². The number of piperidine rings is 1. The number of amides is 1. The number of anilines is 1. The van der Waals surface area contributed by atoms with Crippen LogP contribution in [0, 0.1) is 16.0 Å². The van der Waals surface area contributed by atoms with Gasteiger partial charge >= 0.3 is 0 Å². The predicted octanol–water partition coefficient (Wildman–Crippen LogP) is 1.98. The molecule has 0 spiro atoms. The molecule has 1 aromatic carbocycles. The molecule has 3 heterocycles. The normalized spacial score (nSPS) is 25.9. The van der Waals surface area contributed by atoms with E-state index in [1.54, 1.807) is 12.1 Å². The number of morpholine rings is 1. The molecule has 0 aromatic heterocycles. The molecule has 2 atom stereocenters. The van der Waals surface area contributed by atoms with Crippen molar-refractivity contribution in [3.05, 3.63) is 33.9 Å². The van der Waals surface area contributed by atoms with E-state index >= 15 is 0 Å². The van der Waals surface area contributed by atoms with Crippen LogP contribution in [0.4, 0.5) is 11.4 Å². The predicted molar refractivity (Wildman–Crippen MR) is 92.7 cm³/mol. The fraction of sp³-hybridized carbons (Fsp3) is 0.611. The largest absolute Gasteiger partial charge is 0.378 e. The summed E-state index contributed by atoms with van der Waals surface area (Å²) in [6.45, 7) is 3.39. The van der Waals surface area contributed by atoms with E-state index < -0.39 is 0 Å². The van der Waals surface area contributed by atoms with Crippen molar-refractivity contribution in [3.8, 4) is 0 Å². The molecule has 2 fully saturated rings. The minimum absolute atomic E-state index is 0.104. The lowest BCUT2D eigenvalue weighted by Crippen LogP contribution is -2.55. The van der Waals surface area contributed by atoms with Crippen LogP contribution in [0.15, 0.2) is 18.2 Å². The Morgan fingerprint density at radius 3 is 2.76 bits per heavy atom. The van der Waals surface area contributed by atoms with Gasteiger partial charge in [-0.05, 0) is 37.3 Å². The van der Waals surface area contributed by atoms with Crippen LogP contribution < -0.4 is 4.90 Å². The topological polar surface area (TPSA) is 75.9 Å². The van der Waals surface area contributed by atoms with Gasteiger partial charge in [0.05, 0.1) is 24.1 Å². The van der Waals surface area contributed by atoms with Crippen LogP contribution in [0.1, 0.15) is 24.8 Å². The van der Waals surface area contributed by atoms with Gasteiger partial charge in [0, 0.05) is 43.5 Å². The Labute approximate surface area is 146 Å². The molecule has 0 N–H and O–H groups in total. The summed E-state index contributed by atoms with van der Waals surface area (Å²) in [5, 5.41) is 11.1. The van der Waals surface area contributed by atoms with Gasteiger partial charge in [-0.3, -0.25) is 14.9 Å². The summed E-state index contributed by atoms with van der Waals surface area (Å²) in [7, 11) is 0.